The molecule has 1 aromatic rings. The van der Waals surface area contributed by atoms with Crippen LogP contribution in [0, 0.1) is 0 Å². The molecule has 0 unspecified atom stereocenters. The standard InChI is InChI=1S/C12H8S2/c1-2-6-9(5-1)12-13-10-7-3-4-8-11(10)14-12/h1-5,7-8,12H. The van der Waals surface area contributed by atoms with Gasteiger partial charge in [0.2, 0.25) is 0 Å². The normalized spacial score (nSPS) is 18.7. The van der Waals surface area contributed by atoms with Crippen LogP contribution in [0.5, 0.6) is 0 Å². The molecule has 0 nitrogen and oxygen atoms in total. The van der Waals surface area contributed by atoms with Crippen LogP contribution in [0.3, 0.4) is 0 Å². The van der Waals surface area contributed by atoms with E-state index in [9.17, 15) is 0 Å². The highest BCUT2D eigenvalue weighted by molar-refractivity contribution is 8.19. The molecule has 0 aromatic heterocycles. The molecule has 2 heteroatoms. The first-order chi connectivity index (χ1) is 6.93. The Morgan fingerprint density at radius 1 is 1.07 bits per heavy atom. The second-order valence-electron chi connectivity index (χ2n) is 3.14. The molecule has 1 aliphatic heterocycles. The van der Waals surface area contributed by atoms with Crippen molar-refractivity contribution < 1.29 is 0 Å². The highest BCUT2D eigenvalue weighted by atomic mass is 32.2. The van der Waals surface area contributed by atoms with Crippen LogP contribution in [0.25, 0.3) is 0 Å². The molecule has 68 valence electrons. The van der Waals surface area contributed by atoms with Crippen molar-refractivity contribution >= 4 is 23.5 Å². The molecule has 3 rings (SSSR count). The number of rotatable bonds is 1. The average Bonchev–Trinajstić information content (AvgIpc) is 2.86. The molecule has 1 heterocycles. The molecule has 1 aliphatic carbocycles. The first-order valence-electron chi connectivity index (χ1n) is 4.49. The number of thioether (sulfide) groups is 2. The lowest BCUT2D eigenvalue weighted by molar-refractivity contribution is 1.27. The van der Waals surface area contributed by atoms with Crippen molar-refractivity contribution in [2.75, 3.05) is 0 Å². The average molecular weight is 216 g/mol. The molecule has 0 fully saturated rings. The second kappa shape index (κ2) is 3.39. The van der Waals surface area contributed by atoms with E-state index < -0.39 is 0 Å². The van der Waals surface area contributed by atoms with Crippen molar-refractivity contribution in [3.63, 3.8) is 0 Å². The van der Waals surface area contributed by atoms with E-state index >= 15 is 0 Å². The summed E-state index contributed by atoms with van der Waals surface area (Å²) in [6, 6.07) is 8.58. The topological polar surface area (TPSA) is 0 Å². The molecular formula is C12H8S2. The predicted octanol–water partition coefficient (Wildman–Crippen LogP) is 3.86. The van der Waals surface area contributed by atoms with Gasteiger partial charge < -0.3 is 0 Å². The summed E-state index contributed by atoms with van der Waals surface area (Å²) >= 11 is 3.85. The largest absolute Gasteiger partial charge is 0.115 e. The van der Waals surface area contributed by atoms with Crippen LogP contribution < -0.4 is 0 Å². The maximum absolute atomic E-state index is 3.27. The summed E-state index contributed by atoms with van der Waals surface area (Å²) in [5.74, 6) is 0. The minimum absolute atomic E-state index is 0.502. The van der Waals surface area contributed by atoms with E-state index in [0.717, 1.165) is 0 Å². The quantitative estimate of drug-likeness (QED) is 0.654. The molecular weight excluding hydrogens is 208 g/mol. The van der Waals surface area contributed by atoms with Gasteiger partial charge in [-0.05, 0) is 24.3 Å². The summed E-state index contributed by atoms with van der Waals surface area (Å²) in [6.07, 6.45) is 6.19. The third-order valence-corrected chi connectivity index (χ3v) is 5.06. The SMILES string of the molecule is C1=CC=CC=1C1Sc2ccccc2S1. The van der Waals surface area contributed by atoms with E-state index in [1.807, 2.05) is 29.6 Å². The smallest absolute Gasteiger partial charge is 0.0917 e. The van der Waals surface area contributed by atoms with E-state index in [4.69, 9.17) is 0 Å². The maximum Gasteiger partial charge on any atom is 0.0917 e. The summed E-state index contributed by atoms with van der Waals surface area (Å²) in [5, 5.41) is 0. The van der Waals surface area contributed by atoms with Crippen LogP contribution in [-0.4, -0.2) is 4.58 Å². The van der Waals surface area contributed by atoms with E-state index in [1.54, 1.807) is 0 Å². The maximum atomic E-state index is 3.27. The van der Waals surface area contributed by atoms with E-state index in [2.05, 4.69) is 42.1 Å². The number of hydrogen-bond acceptors (Lipinski definition) is 2. The van der Waals surface area contributed by atoms with Gasteiger partial charge in [0.15, 0.2) is 0 Å². The second-order valence-corrected chi connectivity index (χ2v) is 5.73. The molecule has 0 N–H and O–H groups in total. The van der Waals surface area contributed by atoms with Gasteiger partial charge in [-0.3, -0.25) is 0 Å². The summed E-state index contributed by atoms with van der Waals surface area (Å²) in [4.78, 5) is 2.80. The van der Waals surface area contributed by atoms with Crippen molar-refractivity contribution in [1.29, 1.82) is 0 Å². The van der Waals surface area contributed by atoms with Gasteiger partial charge in [-0.15, -0.1) is 29.3 Å². The van der Waals surface area contributed by atoms with Gasteiger partial charge in [-0.2, -0.15) is 0 Å². The third kappa shape index (κ3) is 1.36. The van der Waals surface area contributed by atoms with Gasteiger partial charge in [-0.1, -0.05) is 18.2 Å². The highest BCUT2D eigenvalue weighted by Gasteiger charge is 2.25. The lowest BCUT2D eigenvalue weighted by atomic mass is 10.3. The Bertz CT molecular complexity index is 440. The van der Waals surface area contributed by atoms with Crippen LogP contribution >= 0.6 is 23.5 Å². The zero-order chi connectivity index (χ0) is 9.38. The molecule has 0 radical (unpaired) electrons. The Kier molecular flexibility index (Phi) is 2.06. The monoisotopic (exact) mass is 216 g/mol. The van der Waals surface area contributed by atoms with Gasteiger partial charge in [-0.25, -0.2) is 0 Å². The van der Waals surface area contributed by atoms with Crippen molar-refractivity contribution in [1.82, 2.24) is 0 Å². The number of benzene rings is 1. The summed E-state index contributed by atoms with van der Waals surface area (Å²) in [5.41, 5.74) is 4.57. The molecule has 0 spiro atoms. The number of fused-ring (bicyclic) bond motifs is 1. The van der Waals surface area contributed by atoms with Gasteiger partial charge in [0.25, 0.3) is 0 Å². The molecule has 0 saturated heterocycles. The lowest BCUT2D eigenvalue weighted by Gasteiger charge is -2.04. The molecule has 0 saturated carbocycles. The Morgan fingerprint density at radius 2 is 1.79 bits per heavy atom. The number of hydrogen-bond donors (Lipinski definition) is 0. The Balaban J connectivity index is 1.92. The summed E-state index contributed by atoms with van der Waals surface area (Å²) < 4.78 is 0.502. The number of allylic oxidation sites excluding steroid dienone is 2. The fourth-order valence-corrected chi connectivity index (χ4v) is 4.31. The van der Waals surface area contributed by atoms with Crippen LogP contribution in [-0.2, 0) is 0 Å². The highest BCUT2D eigenvalue weighted by Crippen LogP contribution is 2.50. The van der Waals surface area contributed by atoms with E-state index in [0.29, 0.717) is 4.58 Å². The molecule has 0 bridgehead atoms. The first-order valence-corrected chi connectivity index (χ1v) is 6.25. The van der Waals surface area contributed by atoms with Crippen molar-refractivity contribution in [3.8, 4) is 0 Å². The molecule has 1 aromatic carbocycles. The van der Waals surface area contributed by atoms with Gasteiger partial charge >= 0.3 is 0 Å². The first kappa shape index (κ1) is 8.49. The van der Waals surface area contributed by atoms with Crippen LogP contribution in [0.1, 0.15) is 0 Å². The van der Waals surface area contributed by atoms with Crippen LogP contribution in [0.2, 0.25) is 0 Å². The molecule has 0 atom stereocenters. The van der Waals surface area contributed by atoms with Crippen molar-refractivity contribution in [2.45, 2.75) is 14.4 Å². The molecule has 14 heavy (non-hydrogen) atoms. The van der Waals surface area contributed by atoms with E-state index in [1.165, 1.54) is 15.4 Å². The summed E-state index contributed by atoms with van der Waals surface area (Å²) in [6.45, 7) is 0. The fraction of sp³-hybridized carbons (Fsp3) is 0.0833. The Labute approximate surface area is 91.8 Å². The molecule has 0 amide bonds. The zero-order valence-electron chi connectivity index (χ0n) is 7.44. The fourth-order valence-electron chi connectivity index (χ4n) is 1.52. The van der Waals surface area contributed by atoms with Crippen molar-refractivity contribution in [2.24, 2.45) is 0 Å². The third-order valence-electron chi connectivity index (χ3n) is 2.19. The van der Waals surface area contributed by atoms with E-state index in [-0.39, 0.29) is 0 Å². The minimum atomic E-state index is 0.502. The van der Waals surface area contributed by atoms with Gasteiger partial charge in [0.05, 0.1) is 4.58 Å². The van der Waals surface area contributed by atoms with Gasteiger partial charge in [0.1, 0.15) is 0 Å². The Morgan fingerprint density at radius 3 is 2.36 bits per heavy atom. The lowest BCUT2D eigenvalue weighted by Crippen LogP contribution is -1.91. The minimum Gasteiger partial charge on any atom is -0.115 e. The van der Waals surface area contributed by atoms with Crippen molar-refractivity contribution in [3.05, 3.63) is 53.8 Å². The van der Waals surface area contributed by atoms with Crippen LogP contribution in [0.4, 0.5) is 0 Å². The summed E-state index contributed by atoms with van der Waals surface area (Å²) in [7, 11) is 0. The van der Waals surface area contributed by atoms with Gasteiger partial charge in [0, 0.05) is 15.4 Å². The predicted molar refractivity (Wildman–Crippen MR) is 62.7 cm³/mol. The van der Waals surface area contributed by atoms with Crippen LogP contribution in [0.15, 0.2) is 63.6 Å². The Hall–Kier alpha value is -0.820. The zero-order valence-corrected chi connectivity index (χ0v) is 9.07. The molecule has 2 aliphatic rings.